The third kappa shape index (κ3) is 5.06. The maximum absolute atomic E-state index is 12.3. The number of nitrogens with zero attached hydrogens (tertiary/aromatic N) is 5. The predicted octanol–water partition coefficient (Wildman–Crippen LogP) is 4.81. The van der Waals surface area contributed by atoms with Gasteiger partial charge in [0.25, 0.3) is 0 Å². The number of benzene rings is 1. The summed E-state index contributed by atoms with van der Waals surface area (Å²) in [5, 5.41) is 8.79. The Morgan fingerprint density at radius 3 is 2.67 bits per heavy atom. The lowest BCUT2D eigenvalue weighted by Crippen LogP contribution is -2.50. The van der Waals surface area contributed by atoms with Crippen molar-refractivity contribution in [2.75, 3.05) is 25.0 Å². The number of rotatable bonds is 6. The fourth-order valence-electron chi connectivity index (χ4n) is 4.25. The Kier molecular flexibility index (Phi) is 6.17. The van der Waals surface area contributed by atoms with Gasteiger partial charge < -0.3 is 10.6 Å². The van der Waals surface area contributed by atoms with Crippen molar-refractivity contribution in [1.29, 1.82) is 0 Å². The summed E-state index contributed by atoms with van der Waals surface area (Å²) in [6, 6.07) is 10.8. The molecule has 0 bridgehead atoms. The number of aromatic nitrogens is 4. The zero-order chi connectivity index (χ0) is 25.4. The van der Waals surface area contributed by atoms with Crippen molar-refractivity contribution in [3.05, 3.63) is 61.2 Å². The minimum absolute atomic E-state index is 0.373. The van der Waals surface area contributed by atoms with E-state index in [1.54, 1.807) is 29.7 Å². The molecule has 1 aromatic carbocycles. The number of fused-ring (bicyclic) bond motifs is 1. The van der Waals surface area contributed by atoms with Crippen LogP contribution in [-0.2, 0) is 0 Å². The van der Waals surface area contributed by atoms with E-state index in [-0.39, 0.29) is 0 Å². The molecular formula is C25H26F3N7O. The third-order valence-corrected chi connectivity index (χ3v) is 6.31. The molecule has 8 nitrogen and oxygen atoms in total. The molecule has 0 saturated carbocycles. The molecule has 1 aliphatic heterocycles. The number of carbonyl (C=O) groups is 1. The molecule has 4 aromatic rings. The lowest BCUT2D eigenvalue weighted by atomic mass is 10.1. The number of urea groups is 1. The van der Waals surface area contributed by atoms with Crippen molar-refractivity contribution in [1.82, 2.24) is 29.4 Å². The number of carbonyl (C=O) groups excluding carboxylic acids is 1. The molecule has 0 unspecified atom stereocenters. The van der Waals surface area contributed by atoms with Gasteiger partial charge >= 0.3 is 12.2 Å². The van der Waals surface area contributed by atoms with Crippen LogP contribution in [0, 0.1) is 0 Å². The summed E-state index contributed by atoms with van der Waals surface area (Å²) in [5.74, 6) is 0. The van der Waals surface area contributed by atoms with Crippen molar-refractivity contribution < 1.29 is 18.0 Å². The fourth-order valence-corrected chi connectivity index (χ4v) is 4.25. The fraction of sp³-hybridized carbons (Fsp3) is 0.320. The molecule has 0 atom stereocenters. The average molecular weight is 498 g/mol. The van der Waals surface area contributed by atoms with Crippen LogP contribution >= 0.6 is 0 Å². The summed E-state index contributed by atoms with van der Waals surface area (Å²) >= 11 is 0. The van der Waals surface area contributed by atoms with Crippen LogP contribution in [0.1, 0.15) is 19.9 Å². The summed E-state index contributed by atoms with van der Waals surface area (Å²) in [7, 11) is 0. The zero-order valence-electron chi connectivity index (χ0n) is 19.8. The molecule has 36 heavy (non-hydrogen) atoms. The van der Waals surface area contributed by atoms with E-state index >= 15 is 0 Å². The Bertz CT molecular complexity index is 1390. The topological polar surface area (TPSA) is 79.5 Å². The number of pyridine rings is 1. The van der Waals surface area contributed by atoms with E-state index in [4.69, 9.17) is 0 Å². The van der Waals surface area contributed by atoms with E-state index in [0.29, 0.717) is 17.8 Å². The van der Waals surface area contributed by atoms with E-state index in [0.717, 1.165) is 41.1 Å². The van der Waals surface area contributed by atoms with Crippen LogP contribution in [0.25, 0.3) is 28.0 Å². The normalized spacial score (nSPS) is 14.8. The second-order valence-electron chi connectivity index (χ2n) is 9.20. The monoisotopic (exact) mass is 497 g/mol. The van der Waals surface area contributed by atoms with Gasteiger partial charge in [-0.15, -0.1) is 0 Å². The third-order valence-electron chi connectivity index (χ3n) is 6.31. The predicted molar refractivity (Wildman–Crippen MR) is 131 cm³/mol. The highest BCUT2D eigenvalue weighted by atomic mass is 19.4. The first-order valence-electron chi connectivity index (χ1n) is 11.6. The van der Waals surface area contributed by atoms with Crippen LogP contribution in [0.2, 0.25) is 0 Å². The summed E-state index contributed by atoms with van der Waals surface area (Å²) in [5.41, 5.74) is 4.68. The van der Waals surface area contributed by atoms with Gasteiger partial charge in [0.1, 0.15) is 12.2 Å². The highest BCUT2D eigenvalue weighted by molar-refractivity contribution is 5.90. The Labute approximate surface area is 205 Å². The summed E-state index contributed by atoms with van der Waals surface area (Å²) in [6.07, 6.45) is 3.10. The van der Waals surface area contributed by atoms with Gasteiger partial charge in [-0.05, 0) is 43.7 Å². The van der Waals surface area contributed by atoms with Gasteiger partial charge in [0.15, 0.2) is 0 Å². The van der Waals surface area contributed by atoms with Crippen LogP contribution in [-0.4, -0.2) is 61.9 Å². The lowest BCUT2D eigenvalue weighted by molar-refractivity contribution is -0.122. The minimum atomic E-state index is -4.47. The number of likely N-dealkylation sites (tertiary alicyclic amines) is 1. The molecule has 1 fully saturated rings. The quantitative estimate of drug-likeness (QED) is 0.401. The largest absolute Gasteiger partial charge is 0.405 e. The van der Waals surface area contributed by atoms with Crippen LogP contribution in [0.4, 0.5) is 23.7 Å². The van der Waals surface area contributed by atoms with Gasteiger partial charge in [-0.1, -0.05) is 12.1 Å². The maximum atomic E-state index is 12.3. The number of anilines is 1. The van der Waals surface area contributed by atoms with Gasteiger partial charge in [0.05, 0.1) is 24.1 Å². The first-order valence-corrected chi connectivity index (χ1v) is 11.6. The molecule has 0 radical (unpaired) electrons. The summed E-state index contributed by atoms with van der Waals surface area (Å²) in [4.78, 5) is 18.7. The second-order valence-corrected chi connectivity index (χ2v) is 9.20. The van der Waals surface area contributed by atoms with E-state index < -0.39 is 18.8 Å². The van der Waals surface area contributed by atoms with E-state index in [1.165, 1.54) is 0 Å². The number of imidazole rings is 1. The lowest BCUT2D eigenvalue weighted by Gasteiger charge is -2.41. The van der Waals surface area contributed by atoms with Crippen molar-refractivity contribution in [2.45, 2.75) is 32.1 Å². The van der Waals surface area contributed by atoms with Crippen molar-refractivity contribution in [2.24, 2.45) is 0 Å². The molecule has 188 valence electrons. The molecule has 0 aliphatic carbocycles. The highest BCUT2D eigenvalue weighted by Crippen LogP contribution is 2.29. The van der Waals surface area contributed by atoms with Crippen LogP contribution < -0.4 is 10.6 Å². The SMILES string of the molecule is CC(C)N1CC(n2cc(-c3ccn4c(-c5cccc(NC(=O)NCC(F)(F)F)c5)cnc4c3)cn2)C1. The molecule has 1 saturated heterocycles. The first-order chi connectivity index (χ1) is 17.2. The van der Waals surface area contributed by atoms with E-state index in [1.807, 2.05) is 39.7 Å². The second kappa shape index (κ2) is 9.30. The van der Waals surface area contributed by atoms with E-state index in [2.05, 4.69) is 40.3 Å². The molecule has 1 aliphatic rings. The first kappa shape index (κ1) is 23.9. The Balaban J connectivity index is 1.31. The zero-order valence-corrected chi connectivity index (χ0v) is 19.8. The molecule has 2 N–H and O–H groups in total. The van der Waals surface area contributed by atoms with Crippen LogP contribution in [0.15, 0.2) is 61.2 Å². The number of hydrogen-bond acceptors (Lipinski definition) is 4. The van der Waals surface area contributed by atoms with Gasteiger partial charge in [0, 0.05) is 48.3 Å². The van der Waals surface area contributed by atoms with Crippen LogP contribution in [0.3, 0.4) is 0 Å². The number of alkyl halides is 3. The molecular weight excluding hydrogens is 471 g/mol. The maximum Gasteiger partial charge on any atom is 0.405 e. The van der Waals surface area contributed by atoms with Gasteiger partial charge in [-0.25, -0.2) is 9.78 Å². The summed E-state index contributed by atoms with van der Waals surface area (Å²) in [6.45, 7) is 4.99. The molecule has 5 rings (SSSR count). The molecule has 0 spiro atoms. The van der Waals surface area contributed by atoms with Crippen molar-refractivity contribution in [3.63, 3.8) is 0 Å². The molecule has 4 heterocycles. The minimum Gasteiger partial charge on any atom is -0.329 e. The number of hydrogen-bond donors (Lipinski definition) is 2. The van der Waals surface area contributed by atoms with Gasteiger partial charge in [0.2, 0.25) is 0 Å². The average Bonchev–Trinajstić information content (AvgIpc) is 3.43. The molecule has 11 heteroatoms. The Hall–Kier alpha value is -3.86. The standard InChI is InChI=1S/C25H26F3N7O/c1-16(2)33-13-21(14-33)35-12-19(10-31-35)17-6-7-34-22(11-29-23(34)9-17)18-4-3-5-20(8-18)32-24(36)30-15-25(26,27)28/h3-12,16,21H,13-15H2,1-2H3,(H2,30,32,36). The number of nitrogens with one attached hydrogen (secondary N) is 2. The van der Waals surface area contributed by atoms with Crippen molar-refractivity contribution in [3.8, 4) is 22.4 Å². The molecule has 3 aromatic heterocycles. The van der Waals surface area contributed by atoms with Crippen LogP contribution in [0.5, 0.6) is 0 Å². The summed E-state index contributed by atoms with van der Waals surface area (Å²) < 4.78 is 40.9. The van der Waals surface area contributed by atoms with E-state index in [9.17, 15) is 18.0 Å². The Morgan fingerprint density at radius 2 is 1.92 bits per heavy atom. The number of halogens is 3. The number of amides is 2. The Morgan fingerprint density at radius 1 is 1.11 bits per heavy atom. The smallest absolute Gasteiger partial charge is 0.329 e. The van der Waals surface area contributed by atoms with Gasteiger partial charge in [-0.2, -0.15) is 18.3 Å². The van der Waals surface area contributed by atoms with Gasteiger partial charge in [-0.3, -0.25) is 14.0 Å². The highest BCUT2D eigenvalue weighted by Gasteiger charge is 2.30. The molecule has 2 amide bonds. The van der Waals surface area contributed by atoms with Crippen molar-refractivity contribution >= 4 is 17.4 Å².